The van der Waals surface area contributed by atoms with Crippen molar-refractivity contribution in [3.8, 4) is 0 Å². The molecule has 0 amide bonds. The van der Waals surface area contributed by atoms with Gasteiger partial charge in [-0.15, -0.1) is 0 Å². The average molecular weight is 359 g/mol. The molecule has 1 aliphatic heterocycles. The molecule has 1 N–H and O–H groups in total. The molecule has 0 spiro atoms. The summed E-state index contributed by atoms with van der Waals surface area (Å²) in [5.41, 5.74) is 4.68. The maximum Gasteiger partial charge on any atom is 0.160 e. The SMILES string of the molecule is COCC(COC)Nc1c2c(nn1C)N(c1c(C)ccnc1C)CCC2. The molecule has 0 aliphatic carbocycles. The van der Waals surface area contributed by atoms with Gasteiger partial charge in [-0.05, 0) is 38.3 Å². The van der Waals surface area contributed by atoms with E-state index in [1.807, 2.05) is 17.9 Å². The number of aryl methyl sites for hydroxylation is 3. The predicted octanol–water partition coefficient (Wildman–Crippen LogP) is 2.59. The van der Waals surface area contributed by atoms with Crippen molar-refractivity contribution in [2.24, 2.45) is 7.05 Å². The number of nitrogens with one attached hydrogen (secondary N) is 1. The minimum Gasteiger partial charge on any atom is -0.382 e. The van der Waals surface area contributed by atoms with Crippen LogP contribution in [0.15, 0.2) is 12.3 Å². The van der Waals surface area contributed by atoms with E-state index in [-0.39, 0.29) is 6.04 Å². The van der Waals surface area contributed by atoms with E-state index < -0.39 is 0 Å². The Morgan fingerprint density at radius 3 is 2.62 bits per heavy atom. The summed E-state index contributed by atoms with van der Waals surface area (Å²) in [5.74, 6) is 2.07. The zero-order valence-electron chi connectivity index (χ0n) is 16.4. The topological polar surface area (TPSA) is 64.4 Å². The van der Waals surface area contributed by atoms with Crippen molar-refractivity contribution in [3.05, 3.63) is 29.1 Å². The van der Waals surface area contributed by atoms with E-state index in [0.29, 0.717) is 13.2 Å². The van der Waals surface area contributed by atoms with Crippen molar-refractivity contribution < 1.29 is 9.47 Å². The summed E-state index contributed by atoms with van der Waals surface area (Å²) in [6.07, 6.45) is 3.96. The number of ether oxygens (including phenoxy) is 2. The third kappa shape index (κ3) is 3.54. The zero-order valence-corrected chi connectivity index (χ0v) is 16.4. The van der Waals surface area contributed by atoms with Crippen LogP contribution in [0.5, 0.6) is 0 Å². The van der Waals surface area contributed by atoms with Crippen LogP contribution in [0.25, 0.3) is 0 Å². The zero-order chi connectivity index (χ0) is 18.7. The highest BCUT2D eigenvalue weighted by atomic mass is 16.5. The molecule has 0 radical (unpaired) electrons. The molecule has 0 unspecified atom stereocenters. The molecule has 0 fully saturated rings. The Labute approximate surface area is 155 Å². The third-order valence-electron chi connectivity index (χ3n) is 4.84. The highest BCUT2D eigenvalue weighted by molar-refractivity contribution is 5.73. The van der Waals surface area contributed by atoms with Gasteiger partial charge in [-0.3, -0.25) is 9.67 Å². The molecule has 2 aromatic heterocycles. The second-order valence-corrected chi connectivity index (χ2v) is 6.84. The molecule has 0 saturated heterocycles. The van der Waals surface area contributed by atoms with Crippen molar-refractivity contribution in [1.29, 1.82) is 0 Å². The fourth-order valence-electron chi connectivity index (χ4n) is 3.74. The molecule has 0 saturated carbocycles. The maximum atomic E-state index is 5.32. The fraction of sp³-hybridized carbons (Fsp3) is 0.579. The third-order valence-corrected chi connectivity index (χ3v) is 4.84. The Morgan fingerprint density at radius 1 is 1.23 bits per heavy atom. The standard InChI is InChI=1S/C19H29N5O2/c1-13-8-9-20-14(2)17(13)24-10-6-7-16-18(23(3)22-19(16)24)21-15(11-25-4)12-26-5/h8-9,15,21H,6-7,10-12H2,1-5H3. The Bertz CT molecular complexity index is 732. The number of hydrogen-bond donors (Lipinski definition) is 1. The second-order valence-electron chi connectivity index (χ2n) is 6.84. The first-order chi connectivity index (χ1) is 12.6. The molecule has 0 aromatic carbocycles. The molecule has 142 valence electrons. The van der Waals surface area contributed by atoms with Gasteiger partial charge in [0, 0.05) is 39.6 Å². The highest BCUT2D eigenvalue weighted by Crippen LogP contribution is 2.38. The van der Waals surface area contributed by atoms with Crippen LogP contribution in [0.1, 0.15) is 23.2 Å². The van der Waals surface area contributed by atoms with Crippen LogP contribution in [-0.4, -0.2) is 54.8 Å². The molecule has 7 nitrogen and oxygen atoms in total. The second kappa shape index (κ2) is 8.05. The number of methoxy groups -OCH3 is 2. The summed E-state index contributed by atoms with van der Waals surface area (Å²) < 4.78 is 12.6. The molecule has 3 heterocycles. The van der Waals surface area contributed by atoms with Crippen molar-refractivity contribution in [2.75, 3.05) is 44.2 Å². The van der Waals surface area contributed by atoms with Gasteiger partial charge in [0.2, 0.25) is 0 Å². The Balaban J connectivity index is 1.97. The van der Waals surface area contributed by atoms with E-state index in [9.17, 15) is 0 Å². The van der Waals surface area contributed by atoms with Gasteiger partial charge >= 0.3 is 0 Å². The number of rotatable bonds is 7. The van der Waals surface area contributed by atoms with Gasteiger partial charge in [0.25, 0.3) is 0 Å². The first-order valence-electron chi connectivity index (χ1n) is 9.06. The maximum absolute atomic E-state index is 5.32. The van der Waals surface area contributed by atoms with Crippen LogP contribution in [0.2, 0.25) is 0 Å². The van der Waals surface area contributed by atoms with Gasteiger partial charge in [-0.1, -0.05) is 0 Å². The number of pyridine rings is 1. The van der Waals surface area contributed by atoms with Gasteiger partial charge in [-0.2, -0.15) is 5.10 Å². The van der Waals surface area contributed by atoms with E-state index in [1.165, 1.54) is 16.8 Å². The Morgan fingerprint density at radius 2 is 1.96 bits per heavy atom. The number of hydrogen-bond acceptors (Lipinski definition) is 6. The molecule has 0 atom stereocenters. The summed E-state index contributed by atoms with van der Waals surface area (Å²) in [6, 6.07) is 2.15. The van der Waals surface area contributed by atoms with Crippen molar-refractivity contribution in [1.82, 2.24) is 14.8 Å². The van der Waals surface area contributed by atoms with E-state index in [4.69, 9.17) is 14.6 Å². The van der Waals surface area contributed by atoms with Gasteiger partial charge in [0.05, 0.1) is 30.6 Å². The summed E-state index contributed by atoms with van der Waals surface area (Å²) in [4.78, 5) is 6.80. The monoisotopic (exact) mass is 359 g/mol. The van der Waals surface area contributed by atoms with Crippen LogP contribution in [0, 0.1) is 13.8 Å². The lowest BCUT2D eigenvalue weighted by atomic mass is 10.0. The largest absolute Gasteiger partial charge is 0.382 e. The van der Waals surface area contributed by atoms with Crippen LogP contribution in [0.3, 0.4) is 0 Å². The van der Waals surface area contributed by atoms with Crippen LogP contribution >= 0.6 is 0 Å². The van der Waals surface area contributed by atoms with E-state index in [1.54, 1.807) is 14.2 Å². The van der Waals surface area contributed by atoms with Crippen molar-refractivity contribution >= 4 is 17.3 Å². The quantitative estimate of drug-likeness (QED) is 0.820. The molecule has 1 aliphatic rings. The predicted molar refractivity (Wildman–Crippen MR) is 103 cm³/mol. The lowest BCUT2D eigenvalue weighted by Crippen LogP contribution is -2.31. The first kappa shape index (κ1) is 18.7. The fourth-order valence-corrected chi connectivity index (χ4v) is 3.74. The van der Waals surface area contributed by atoms with Crippen LogP contribution in [-0.2, 0) is 22.9 Å². The minimum atomic E-state index is 0.0849. The molecular weight excluding hydrogens is 330 g/mol. The smallest absolute Gasteiger partial charge is 0.160 e. The lowest BCUT2D eigenvalue weighted by molar-refractivity contribution is 0.126. The van der Waals surface area contributed by atoms with E-state index in [0.717, 1.165) is 36.7 Å². The number of nitrogens with zero attached hydrogens (tertiary/aromatic N) is 4. The van der Waals surface area contributed by atoms with Gasteiger partial charge < -0.3 is 19.7 Å². The molecule has 7 heteroatoms. The van der Waals surface area contributed by atoms with Crippen LogP contribution < -0.4 is 10.2 Å². The summed E-state index contributed by atoms with van der Waals surface area (Å²) in [5, 5.41) is 8.40. The normalized spacial score (nSPS) is 14.0. The van der Waals surface area contributed by atoms with Gasteiger partial charge in [0.15, 0.2) is 5.82 Å². The van der Waals surface area contributed by atoms with E-state index >= 15 is 0 Å². The summed E-state index contributed by atoms with van der Waals surface area (Å²) in [6.45, 7) is 6.31. The molecule has 26 heavy (non-hydrogen) atoms. The minimum absolute atomic E-state index is 0.0849. The average Bonchev–Trinajstić information content (AvgIpc) is 2.92. The van der Waals surface area contributed by atoms with Crippen molar-refractivity contribution in [3.63, 3.8) is 0 Å². The molecule has 2 aromatic rings. The summed E-state index contributed by atoms with van der Waals surface area (Å²) >= 11 is 0. The van der Waals surface area contributed by atoms with Crippen LogP contribution in [0.4, 0.5) is 17.3 Å². The van der Waals surface area contributed by atoms with Gasteiger partial charge in [-0.25, -0.2) is 0 Å². The Kier molecular flexibility index (Phi) is 5.78. The van der Waals surface area contributed by atoms with Gasteiger partial charge in [0.1, 0.15) is 5.82 Å². The number of aromatic nitrogens is 3. The lowest BCUT2D eigenvalue weighted by Gasteiger charge is -2.30. The van der Waals surface area contributed by atoms with E-state index in [2.05, 4.69) is 35.1 Å². The summed E-state index contributed by atoms with van der Waals surface area (Å²) in [7, 11) is 5.40. The Hall–Kier alpha value is -2.12. The van der Waals surface area contributed by atoms with Crippen molar-refractivity contribution in [2.45, 2.75) is 32.7 Å². The first-order valence-corrected chi connectivity index (χ1v) is 9.06. The molecule has 3 rings (SSSR count). The molecular formula is C19H29N5O2. The highest BCUT2D eigenvalue weighted by Gasteiger charge is 2.28. The number of fused-ring (bicyclic) bond motifs is 1. The number of anilines is 3. The molecule has 0 bridgehead atoms.